The number of hydrogen-bond acceptors (Lipinski definition) is 4. The molecule has 0 unspecified atom stereocenters. The number of aromatic nitrogens is 1. The number of thiocarbonyl (C=S) groups is 1. The van der Waals surface area contributed by atoms with Crippen LogP contribution in [0.15, 0.2) is 0 Å². The van der Waals surface area contributed by atoms with Crippen molar-refractivity contribution in [1.82, 2.24) is 4.98 Å². The number of thiazole rings is 1. The van der Waals surface area contributed by atoms with Crippen LogP contribution >= 0.6 is 35.2 Å². The third-order valence-electron chi connectivity index (χ3n) is 1.45. The molecule has 8 heteroatoms. The fourth-order valence-electron chi connectivity index (χ4n) is 0.949. The van der Waals surface area contributed by atoms with Crippen LogP contribution in [0.3, 0.4) is 0 Å². The van der Waals surface area contributed by atoms with Crippen LogP contribution in [0.2, 0.25) is 4.47 Å². The maximum absolute atomic E-state index is 12.6. The third kappa shape index (κ3) is 4.08. The Bertz CT molecular complexity index is 436. The maximum atomic E-state index is 12.6. The van der Waals surface area contributed by atoms with E-state index in [4.69, 9.17) is 28.6 Å². The highest BCUT2D eigenvalue weighted by atomic mass is 35.5. The Morgan fingerprint density at radius 1 is 1.35 bits per heavy atom. The molecule has 0 saturated heterocycles. The average Bonchev–Trinajstić information content (AvgIpc) is 2.43. The van der Waals surface area contributed by atoms with E-state index in [0.717, 1.165) is 0 Å². The Balaban J connectivity index is 3.10. The van der Waals surface area contributed by atoms with Gasteiger partial charge in [0.05, 0.1) is 0 Å². The number of hydrogen-bond donors (Lipinski definition) is 0. The standard InChI is InChI=1S/C9H9ClF3NOS2/c1-8(2,3)15-6(16)4-5(9(11,12)13)14-7(10)17-4/h1-3H3. The van der Waals surface area contributed by atoms with E-state index in [2.05, 4.69) is 4.98 Å². The number of nitrogens with zero attached hydrogens (tertiary/aromatic N) is 1. The van der Waals surface area contributed by atoms with Gasteiger partial charge in [0.15, 0.2) is 10.2 Å². The average molecular weight is 304 g/mol. The van der Waals surface area contributed by atoms with Gasteiger partial charge in [-0.15, -0.1) is 0 Å². The molecule has 1 aromatic heterocycles. The summed E-state index contributed by atoms with van der Waals surface area (Å²) in [6, 6.07) is 0. The van der Waals surface area contributed by atoms with Gasteiger partial charge in [-0.1, -0.05) is 22.9 Å². The molecule has 17 heavy (non-hydrogen) atoms. The second-order valence-corrected chi connectivity index (χ2v) is 6.10. The first-order valence-corrected chi connectivity index (χ1v) is 6.08. The molecule has 0 fully saturated rings. The maximum Gasteiger partial charge on any atom is 0.435 e. The molecule has 0 radical (unpaired) electrons. The first-order valence-electron chi connectivity index (χ1n) is 4.47. The molecule has 2 nitrogen and oxygen atoms in total. The summed E-state index contributed by atoms with van der Waals surface area (Å²) in [4.78, 5) is 2.97. The Morgan fingerprint density at radius 3 is 2.29 bits per heavy atom. The molecular formula is C9H9ClF3NOS2. The second kappa shape index (κ2) is 4.70. The highest BCUT2D eigenvalue weighted by Crippen LogP contribution is 2.37. The number of ether oxygens (including phenoxy) is 1. The van der Waals surface area contributed by atoms with Crippen LogP contribution in [0, 0.1) is 0 Å². The van der Waals surface area contributed by atoms with Crippen molar-refractivity contribution >= 4 is 40.2 Å². The largest absolute Gasteiger partial charge is 0.477 e. The van der Waals surface area contributed by atoms with Gasteiger partial charge in [0.1, 0.15) is 10.5 Å². The van der Waals surface area contributed by atoms with Gasteiger partial charge in [-0.25, -0.2) is 4.98 Å². The van der Waals surface area contributed by atoms with Crippen molar-refractivity contribution in [3.63, 3.8) is 0 Å². The zero-order valence-electron chi connectivity index (χ0n) is 9.18. The quantitative estimate of drug-likeness (QED) is 0.722. The molecule has 0 bridgehead atoms. The molecule has 1 aromatic rings. The van der Waals surface area contributed by atoms with Crippen molar-refractivity contribution in [3.8, 4) is 0 Å². The fourth-order valence-corrected chi connectivity index (χ4v) is 2.43. The summed E-state index contributed by atoms with van der Waals surface area (Å²) in [7, 11) is 0. The van der Waals surface area contributed by atoms with Crippen LogP contribution in [0.5, 0.6) is 0 Å². The van der Waals surface area contributed by atoms with Gasteiger partial charge in [0, 0.05) is 0 Å². The number of halogens is 4. The van der Waals surface area contributed by atoms with E-state index in [1.807, 2.05) is 0 Å². The molecule has 0 atom stereocenters. The van der Waals surface area contributed by atoms with E-state index in [0.29, 0.717) is 11.3 Å². The molecule has 0 N–H and O–H groups in total. The molecule has 0 aliphatic heterocycles. The topological polar surface area (TPSA) is 22.1 Å². The molecule has 0 aliphatic rings. The van der Waals surface area contributed by atoms with Crippen LogP contribution in [0.25, 0.3) is 0 Å². The normalized spacial score (nSPS) is 12.6. The molecule has 1 rings (SSSR count). The lowest BCUT2D eigenvalue weighted by Gasteiger charge is -2.21. The molecule has 1 heterocycles. The summed E-state index contributed by atoms with van der Waals surface area (Å²) in [6.45, 7) is 5.07. The lowest BCUT2D eigenvalue weighted by molar-refractivity contribution is -0.141. The van der Waals surface area contributed by atoms with E-state index in [-0.39, 0.29) is 14.4 Å². The molecule has 0 aromatic carbocycles. The van der Waals surface area contributed by atoms with Gasteiger partial charge in [-0.2, -0.15) is 13.2 Å². The summed E-state index contributed by atoms with van der Waals surface area (Å²) in [6.07, 6.45) is -4.59. The molecule has 0 amide bonds. The molecule has 0 spiro atoms. The zero-order valence-corrected chi connectivity index (χ0v) is 11.6. The van der Waals surface area contributed by atoms with Crippen molar-refractivity contribution in [3.05, 3.63) is 15.0 Å². The first kappa shape index (κ1) is 14.7. The summed E-state index contributed by atoms with van der Waals surface area (Å²) < 4.78 is 42.9. The predicted molar refractivity (Wildman–Crippen MR) is 64.7 cm³/mol. The SMILES string of the molecule is CC(C)(C)OC(=S)c1sc(Cl)nc1C(F)(F)F. The Labute approximate surface area is 111 Å². The number of alkyl halides is 3. The third-order valence-corrected chi connectivity index (χ3v) is 3.03. The van der Waals surface area contributed by atoms with Gasteiger partial charge in [-0.05, 0) is 33.0 Å². The number of rotatable bonds is 1. The minimum Gasteiger partial charge on any atom is -0.477 e. The van der Waals surface area contributed by atoms with Crippen molar-refractivity contribution in [2.45, 2.75) is 32.5 Å². The van der Waals surface area contributed by atoms with Gasteiger partial charge in [0.2, 0.25) is 5.05 Å². The van der Waals surface area contributed by atoms with Gasteiger partial charge < -0.3 is 4.74 Å². The van der Waals surface area contributed by atoms with Gasteiger partial charge >= 0.3 is 6.18 Å². The Morgan fingerprint density at radius 2 is 1.88 bits per heavy atom. The lowest BCUT2D eigenvalue weighted by atomic mass is 10.2. The highest BCUT2D eigenvalue weighted by Gasteiger charge is 2.39. The first-order chi connectivity index (χ1) is 7.50. The highest BCUT2D eigenvalue weighted by molar-refractivity contribution is 7.80. The summed E-state index contributed by atoms with van der Waals surface area (Å²) in [5.41, 5.74) is -1.77. The molecule has 96 valence electrons. The van der Waals surface area contributed by atoms with E-state index >= 15 is 0 Å². The summed E-state index contributed by atoms with van der Waals surface area (Å²) >= 11 is 11.0. The van der Waals surface area contributed by atoms with Crippen molar-refractivity contribution in [2.75, 3.05) is 0 Å². The molecule has 0 aliphatic carbocycles. The van der Waals surface area contributed by atoms with E-state index in [1.165, 1.54) is 0 Å². The van der Waals surface area contributed by atoms with Crippen molar-refractivity contribution in [1.29, 1.82) is 0 Å². The smallest absolute Gasteiger partial charge is 0.435 e. The monoisotopic (exact) mass is 303 g/mol. The predicted octanol–water partition coefficient (Wildman–Crippen LogP) is 4.31. The van der Waals surface area contributed by atoms with Gasteiger partial charge in [0.25, 0.3) is 0 Å². The van der Waals surface area contributed by atoms with Crippen molar-refractivity contribution in [2.24, 2.45) is 0 Å². The van der Waals surface area contributed by atoms with Crippen LogP contribution in [0.4, 0.5) is 13.2 Å². The Kier molecular flexibility index (Phi) is 4.05. The van der Waals surface area contributed by atoms with E-state index in [9.17, 15) is 13.2 Å². The summed E-state index contributed by atoms with van der Waals surface area (Å²) in [5.74, 6) is 0. The Hall–Kier alpha value is -0.400. The van der Waals surface area contributed by atoms with Gasteiger partial charge in [-0.3, -0.25) is 0 Å². The van der Waals surface area contributed by atoms with Crippen LogP contribution in [-0.4, -0.2) is 15.6 Å². The van der Waals surface area contributed by atoms with Crippen molar-refractivity contribution < 1.29 is 17.9 Å². The van der Waals surface area contributed by atoms with E-state index in [1.54, 1.807) is 20.8 Å². The fraction of sp³-hybridized carbons (Fsp3) is 0.556. The van der Waals surface area contributed by atoms with Crippen LogP contribution in [0.1, 0.15) is 31.3 Å². The van der Waals surface area contributed by atoms with Crippen LogP contribution < -0.4 is 0 Å². The van der Waals surface area contributed by atoms with Crippen LogP contribution in [-0.2, 0) is 10.9 Å². The second-order valence-electron chi connectivity index (χ2n) is 4.14. The molecular weight excluding hydrogens is 295 g/mol. The van der Waals surface area contributed by atoms with E-state index < -0.39 is 17.5 Å². The molecule has 0 saturated carbocycles. The lowest BCUT2D eigenvalue weighted by Crippen LogP contribution is -2.24. The minimum absolute atomic E-state index is 0.216. The summed E-state index contributed by atoms with van der Waals surface area (Å²) in [5, 5.41) is -0.241. The zero-order chi connectivity index (χ0) is 13.4. The minimum atomic E-state index is -4.59.